The number of nitrogens with two attached hydrogens (primary N) is 1. The van der Waals surface area contributed by atoms with Crippen LogP contribution in [0.2, 0.25) is 0 Å². The predicted octanol–water partition coefficient (Wildman–Crippen LogP) is 2.38. The molecule has 1 aromatic rings. The highest BCUT2D eigenvalue weighted by molar-refractivity contribution is 9.10. The molecule has 0 aliphatic rings. The second kappa shape index (κ2) is 8.64. The SMILES string of the molecule is CCN(CC)CCNC(CN)c1cccc(Br)c1. The summed E-state index contributed by atoms with van der Waals surface area (Å²) >= 11 is 3.50. The Bertz CT molecular complexity index is 340. The first-order chi connectivity index (χ1) is 8.71. The van der Waals surface area contributed by atoms with Crippen LogP contribution in [-0.4, -0.2) is 37.6 Å². The molecule has 1 atom stereocenters. The van der Waals surface area contributed by atoms with Gasteiger partial charge in [-0.05, 0) is 30.8 Å². The summed E-state index contributed by atoms with van der Waals surface area (Å²) in [4.78, 5) is 2.40. The molecule has 18 heavy (non-hydrogen) atoms. The van der Waals surface area contributed by atoms with Gasteiger partial charge in [-0.1, -0.05) is 41.9 Å². The zero-order chi connectivity index (χ0) is 13.4. The summed E-state index contributed by atoms with van der Waals surface area (Å²) in [5, 5.41) is 3.52. The smallest absolute Gasteiger partial charge is 0.0445 e. The highest BCUT2D eigenvalue weighted by atomic mass is 79.9. The molecule has 3 N–H and O–H groups in total. The van der Waals surface area contributed by atoms with E-state index in [1.54, 1.807) is 0 Å². The fraction of sp³-hybridized carbons (Fsp3) is 0.571. The third kappa shape index (κ3) is 5.06. The van der Waals surface area contributed by atoms with Gasteiger partial charge in [-0.3, -0.25) is 0 Å². The summed E-state index contributed by atoms with van der Waals surface area (Å²) in [5.41, 5.74) is 7.09. The van der Waals surface area contributed by atoms with Crippen LogP contribution in [0.3, 0.4) is 0 Å². The van der Waals surface area contributed by atoms with Crippen molar-refractivity contribution < 1.29 is 0 Å². The maximum atomic E-state index is 5.85. The van der Waals surface area contributed by atoms with E-state index in [4.69, 9.17) is 5.73 Å². The van der Waals surface area contributed by atoms with Crippen molar-refractivity contribution in [2.24, 2.45) is 5.73 Å². The molecule has 1 aromatic carbocycles. The highest BCUT2D eigenvalue weighted by Crippen LogP contribution is 2.17. The normalized spacial score (nSPS) is 12.9. The number of hydrogen-bond acceptors (Lipinski definition) is 3. The van der Waals surface area contributed by atoms with Crippen molar-refractivity contribution in [3.63, 3.8) is 0 Å². The first-order valence-electron chi connectivity index (χ1n) is 6.62. The highest BCUT2D eigenvalue weighted by Gasteiger charge is 2.09. The number of rotatable bonds is 8. The van der Waals surface area contributed by atoms with Gasteiger partial charge in [0.2, 0.25) is 0 Å². The third-order valence-corrected chi connectivity index (χ3v) is 3.69. The summed E-state index contributed by atoms with van der Waals surface area (Å²) in [7, 11) is 0. The van der Waals surface area contributed by atoms with Gasteiger partial charge in [0.05, 0.1) is 0 Å². The summed E-state index contributed by atoms with van der Waals surface area (Å²) in [6, 6.07) is 8.56. The Labute approximate surface area is 119 Å². The molecule has 1 unspecified atom stereocenters. The monoisotopic (exact) mass is 313 g/mol. The molecule has 0 saturated heterocycles. The van der Waals surface area contributed by atoms with E-state index < -0.39 is 0 Å². The fourth-order valence-electron chi connectivity index (χ4n) is 2.00. The summed E-state index contributed by atoms with van der Waals surface area (Å²) in [6.07, 6.45) is 0. The van der Waals surface area contributed by atoms with Crippen molar-refractivity contribution in [1.82, 2.24) is 10.2 Å². The second-order valence-corrected chi connectivity index (χ2v) is 5.24. The third-order valence-electron chi connectivity index (χ3n) is 3.20. The van der Waals surface area contributed by atoms with E-state index in [1.807, 2.05) is 12.1 Å². The first-order valence-corrected chi connectivity index (χ1v) is 7.41. The lowest BCUT2D eigenvalue weighted by molar-refractivity contribution is 0.297. The molecule has 0 radical (unpaired) electrons. The molecule has 0 spiro atoms. The van der Waals surface area contributed by atoms with E-state index in [0.29, 0.717) is 6.54 Å². The topological polar surface area (TPSA) is 41.3 Å². The van der Waals surface area contributed by atoms with Crippen LogP contribution in [0.25, 0.3) is 0 Å². The van der Waals surface area contributed by atoms with E-state index in [1.165, 1.54) is 5.56 Å². The van der Waals surface area contributed by atoms with Crippen molar-refractivity contribution in [2.75, 3.05) is 32.7 Å². The van der Waals surface area contributed by atoms with Crippen molar-refractivity contribution in [1.29, 1.82) is 0 Å². The first kappa shape index (κ1) is 15.6. The predicted molar refractivity (Wildman–Crippen MR) is 81.7 cm³/mol. The van der Waals surface area contributed by atoms with Gasteiger partial charge in [-0.25, -0.2) is 0 Å². The molecular weight excluding hydrogens is 290 g/mol. The van der Waals surface area contributed by atoms with Crippen LogP contribution >= 0.6 is 15.9 Å². The van der Waals surface area contributed by atoms with Crippen molar-refractivity contribution >= 4 is 15.9 Å². The lowest BCUT2D eigenvalue weighted by Gasteiger charge is -2.22. The molecule has 0 fully saturated rings. The van der Waals surface area contributed by atoms with Crippen LogP contribution in [0.1, 0.15) is 25.5 Å². The van der Waals surface area contributed by atoms with Gasteiger partial charge in [0.25, 0.3) is 0 Å². The van der Waals surface area contributed by atoms with Crippen LogP contribution < -0.4 is 11.1 Å². The summed E-state index contributed by atoms with van der Waals surface area (Å²) in [5.74, 6) is 0. The van der Waals surface area contributed by atoms with Crippen LogP contribution in [0.15, 0.2) is 28.7 Å². The lowest BCUT2D eigenvalue weighted by atomic mass is 10.1. The lowest BCUT2D eigenvalue weighted by Crippen LogP contribution is -2.36. The maximum Gasteiger partial charge on any atom is 0.0445 e. The average Bonchev–Trinajstić information content (AvgIpc) is 2.39. The minimum absolute atomic E-state index is 0.234. The number of hydrogen-bond donors (Lipinski definition) is 2. The second-order valence-electron chi connectivity index (χ2n) is 4.32. The minimum atomic E-state index is 0.234. The Morgan fingerprint density at radius 2 is 2.06 bits per heavy atom. The molecule has 3 nitrogen and oxygen atoms in total. The van der Waals surface area contributed by atoms with E-state index in [9.17, 15) is 0 Å². The van der Waals surface area contributed by atoms with Crippen LogP contribution in [0.5, 0.6) is 0 Å². The van der Waals surface area contributed by atoms with Gasteiger partial charge < -0.3 is 16.0 Å². The molecular formula is C14H24BrN3. The van der Waals surface area contributed by atoms with Gasteiger partial charge in [-0.15, -0.1) is 0 Å². The average molecular weight is 314 g/mol. The van der Waals surface area contributed by atoms with Gasteiger partial charge in [0, 0.05) is 30.1 Å². The molecule has 0 bridgehead atoms. The van der Waals surface area contributed by atoms with Gasteiger partial charge in [0.15, 0.2) is 0 Å². The minimum Gasteiger partial charge on any atom is -0.329 e. The Hall–Kier alpha value is -0.420. The number of likely N-dealkylation sites (N-methyl/N-ethyl adjacent to an activating group) is 1. The quantitative estimate of drug-likeness (QED) is 0.774. The number of benzene rings is 1. The van der Waals surface area contributed by atoms with Gasteiger partial charge >= 0.3 is 0 Å². The van der Waals surface area contributed by atoms with Gasteiger partial charge in [0.1, 0.15) is 0 Å². The zero-order valence-electron chi connectivity index (χ0n) is 11.3. The van der Waals surface area contributed by atoms with E-state index >= 15 is 0 Å². The zero-order valence-corrected chi connectivity index (χ0v) is 12.9. The summed E-state index contributed by atoms with van der Waals surface area (Å²) in [6.45, 7) is 9.24. The van der Waals surface area contributed by atoms with Crippen molar-refractivity contribution in [3.8, 4) is 0 Å². The standard InChI is InChI=1S/C14H24BrN3/c1-3-18(4-2)9-8-17-14(11-16)12-6-5-7-13(15)10-12/h5-7,10,14,17H,3-4,8-9,11,16H2,1-2H3. The number of nitrogens with zero attached hydrogens (tertiary/aromatic N) is 1. The fourth-order valence-corrected chi connectivity index (χ4v) is 2.41. The molecule has 0 amide bonds. The molecule has 0 heterocycles. The van der Waals surface area contributed by atoms with Crippen molar-refractivity contribution in [3.05, 3.63) is 34.3 Å². The van der Waals surface area contributed by atoms with E-state index in [-0.39, 0.29) is 6.04 Å². The van der Waals surface area contributed by atoms with E-state index in [2.05, 4.69) is 52.1 Å². The molecule has 1 rings (SSSR count). The van der Waals surface area contributed by atoms with Crippen LogP contribution in [0.4, 0.5) is 0 Å². The van der Waals surface area contributed by atoms with E-state index in [0.717, 1.165) is 30.7 Å². The van der Waals surface area contributed by atoms with Gasteiger partial charge in [-0.2, -0.15) is 0 Å². The Morgan fingerprint density at radius 3 is 2.61 bits per heavy atom. The maximum absolute atomic E-state index is 5.85. The molecule has 4 heteroatoms. The number of nitrogens with one attached hydrogen (secondary N) is 1. The molecule has 0 saturated carbocycles. The van der Waals surface area contributed by atoms with Crippen molar-refractivity contribution in [2.45, 2.75) is 19.9 Å². The summed E-state index contributed by atoms with van der Waals surface area (Å²) < 4.78 is 1.10. The van der Waals surface area contributed by atoms with Crippen LogP contribution in [0, 0.1) is 0 Å². The Kier molecular flexibility index (Phi) is 7.51. The molecule has 0 aromatic heterocycles. The Balaban J connectivity index is 2.47. The molecule has 0 aliphatic heterocycles. The molecule has 102 valence electrons. The molecule has 0 aliphatic carbocycles. The van der Waals surface area contributed by atoms with Crippen LogP contribution in [-0.2, 0) is 0 Å². The Morgan fingerprint density at radius 1 is 1.33 bits per heavy atom. The number of halogens is 1. The largest absolute Gasteiger partial charge is 0.329 e.